The highest BCUT2D eigenvalue weighted by molar-refractivity contribution is 7.12. The number of benzene rings is 1. The number of carbonyl (C=O) groups excluding carboxylic acids is 1. The molecular formula is C14H14N2O3S. The van der Waals surface area contributed by atoms with Gasteiger partial charge in [-0.3, -0.25) is 9.59 Å². The van der Waals surface area contributed by atoms with Gasteiger partial charge in [-0.15, -0.1) is 11.3 Å². The number of aryl methyl sites for hydroxylation is 1. The molecule has 20 heavy (non-hydrogen) atoms. The Morgan fingerprint density at radius 3 is 2.55 bits per heavy atom. The largest absolute Gasteiger partial charge is 0.481 e. The number of hydrogen-bond acceptors (Lipinski definition) is 4. The molecule has 1 heterocycles. The number of rotatable bonds is 5. The van der Waals surface area contributed by atoms with E-state index >= 15 is 0 Å². The van der Waals surface area contributed by atoms with Crippen molar-refractivity contribution in [2.75, 3.05) is 11.4 Å². The molecule has 1 amide bonds. The number of nitrogens with zero attached hydrogens (tertiary/aromatic N) is 2. The predicted octanol–water partition coefficient (Wildman–Crippen LogP) is 2.57. The molecule has 1 N–H and O–H groups in total. The number of carbonyl (C=O) groups is 2. The Labute approximate surface area is 120 Å². The summed E-state index contributed by atoms with van der Waals surface area (Å²) < 4.78 is 0. The van der Waals surface area contributed by atoms with Gasteiger partial charge in [0.05, 0.1) is 17.6 Å². The minimum Gasteiger partial charge on any atom is -0.481 e. The Kier molecular flexibility index (Phi) is 4.47. The van der Waals surface area contributed by atoms with Crippen LogP contribution in [-0.2, 0) is 4.79 Å². The first-order valence-corrected chi connectivity index (χ1v) is 6.96. The molecule has 104 valence electrons. The molecule has 2 aromatic rings. The van der Waals surface area contributed by atoms with Gasteiger partial charge in [-0.05, 0) is 19.1 Å². The summed E-state index contributed by atoms with van der Waals surface area (Å²) in [5, 5.41) is 8.83. The summed E-state index contributed by atoms with van der Waals surface area (Å²) >= 11 is 1.27. The molecule has 2 rings (SSSR count). The fourth-order valence-corrected chi connectivity index (χ4v) is 2.54. The molecule has 1 aromatic heterocycles. The van der Waals surface area contributed by atoms with Crippen LogP contribution < -0.4 is 4.90 Å². The lowest BCUT2D eigenvalue weighted by Gasteiger charge is -2.21. The SMILES string of the molecule is Cc1ncsc1C(=O)N(CCC(=O)O)c1ccccc1. The van der Waals surface area contributed by atoms with Crippen molar-refractivity contribution in [2.45, 2.75) is 13.3 Å². The minimum atomic E-state index is -0.931. The van der Waals surface area contributed by atoms with E-state index in [-0.39, 0.29) is 18.9 Å². The molecule has 0 bridgehead atoms. The Bertz CT molecular complexity index is 610. The van der Waals surface area contributed by atoms with Crippen molar-refractivity contribution in [3.8, 4) is 0 Å². The van der Waals surface area contributed by atoms with Gasteiger partial charge in [0.25, 0.3) is 5.91 Å². The van der Waals surface area contributed by atoms with E-state index in [1.54, 1.807) is 24.6 Å². The molecule has 0 radical (unpaired) electrons. The number of aliphatic carboxylic acids is 1. The van der Waals surface area contributed by atoms with Crippen molar-refractivity contribution in [2.24, 2.45) is 0 Å². The topological polar surface area (TPSA) is 70.5 Å². The molecule has 0 aliphatic heterocycles. The summed E-state index contributed by atoms with van der Waals surface area (Å²) in [5.41, 5.74) is 2.96. The molecule has 0 saturated carbocycles. The quantitative estimate of drug-likeness (QED) is 0.918. The van der Waals surface area contributed by atoms with Gasteiger partial charge < -0.3 is 10.0 Å². The second-order valence-electron chi connectivity index (χ2n) is 4.20. The van der Waals surface area contributed by atoms with Crippen molar-refractivity contribution < 1.29 is 14.7 Å². The average Bonchev–Trinajstić information content (AvgIpc) is 2.86. The maximum atomic E-state index is 12.5. The zero-order valence-electron chi connectivity index (χ0n) is 10.9. The third-order valence-corrected chi connectivity index (χ3v) is 3.72. The molecule has 5 nitrogen and oxygen atoms in total. The van der Waals surface area contributed by atoms with Crippen LogP contribution in [0.2, 0.25) is 0 Å². The van der Waals surface area contributed by atoms with Crippen molar-refractivity contribution in [1.82, 2.24) is 4.98 Å². The number of anilines is 1. The number of aromatic nitrogens is 1. The maximum absolute atomic E-state index is 12.5. The number of para-hydroxylation sites is 1. The monoisotopic (exact) mass is 290 g/mol. The highest BCUT2D eigenvalue weighted by atomic mass is 32.1. The highest BCUT2D eigenvalue weighted by Gasteiger charge is 2.21. The second kappa shape index (κ2) is 6.29. The van der Waals surface area contributed by atoms with Crippen molar-refractivity contribution in [3.05, 3.63) is 46.4 Å². The summed E-state index contributed by atoms with van der Waals surface area (Å²) in [6, 6.07) is 9.05. The number of thiazole rings is 1. The van der Waals surface area contributed by atoms with Gasteiger partial charge in [0, 0.05) is 12.2 Å². The van der Waals surface area contributed by atoms with E-state index in [1.807, 2.05) is 18.2 Å². The van der Waals surface area contributed by atoms with Crippen LogP contribution >= 0.6 is 11.3 Å². The van der Waals surface area contributed by atoms with Gasteiger partial charge in [-0.1, -0.05) is 18.2 Å². The summed E-state index contributed by atoms with van der Waals surface area (Å²) in [6.07, 6.45) is -0.0987. The van der Waals surface area contributed by atoms with Gasteiger partial charge in [0.2, 0.25) is 0 Å². The van der Waals surface area contributed by atoms with Crippen molar-refractivity contribution in [1.29, 1.82) is 0 Å². The molecule has 1 aromatic carbocycles. The Morgan fingerprint density at radius 1 is 1.30 bits per heavy atom. The van der Waals surface area contributed by atoms with Crippen LogP contribution in [0.4, 0.5) is 5.69 Å². The molecule has 6 heteroatoms. The van der Waals surface area contributed by atoms with E-state index in [1.165, 1.54) is 16.2 Å². The predicted molar refractivity (Wildman–Crippen MR) is 77.2 cm³/mol. The fraction of sp³-hybridized carbons (Fsp3) is 0.214. The van der Waals surface area contributed by atoms with E-state index in [0.717, 1.165) is 0 Å². The summed E-state index contributed by atoms with van der Waals surface area (Å²) in [6.45, 7) is 1.90. The number of amides is 1. The van der Waals surface area contributed by atoms with Gasteiger partial charge in [0.15, 0.2) is 0 Å². The minimum absolute atomic E-state index is 0.0987. The standard InChI is InChI=1S/C14H14N2O3S/c1-10-13(20-9-15-10)14(19)16(8-7-12(17)18)11-5-3-2-4-6-11/h2-6,9H,7-8H2,1H3,(H,17,18). The van der Waals surface area contributed by atoms with Crippen molar-refractivity contribution >= 4 is 28.9 Å². The fourth-order valence-electron chi connectivity index (χ4n) is 1.79. The van der Waals surface area contributed by atoms with E-state index in [9.17, 15) is 9.59 Å². The van der Waals surface area contributed by atoms with E-state index in [0.29, 0.717) is 16.3 Å². The van der Waals surface area contributed by atoms with E-state index in [4.69, 9.17) is 5.11 Å². The molecular weight excluding hydrogens is 276 g/mol. The number of hydrogen-bond donors (Lipinski definition) is 1. The Morgan fingerprint density at radius 2 is 2.00 bits per heavy atom. The first kappa shape index (κ1) is 14.2. The van der Waals surface area contributed by atoms with E-state index in [2.05, 4.69) is 4.98 Å². The van der Waals surface area contributed by atoms with Gasteiger partial charge in [-0.2, -0.15) is 0 Å². The first-order valence-electron chi connectivity index (χ1n) is 6.08. The molecule has 0 saturated heterocycles. The molecule has 0 fully saturated rings. The van der Waals surface area contributed by atoms with Crippen molar-refractivity contribution in [3.63, 3.8) is 0 Å². The van der Waals surface area contributed by atoms with Crippen LogP contribution in [0.25, 0.3) is 0 Å². The van der Waals surface area contributed by atoms with Crippen LogP contribution in [-0.4, -0.2) is 28.5 Å². The zero-order valence-corrected chi connectivity index (χ0v) is 11.8. The lowest BCUT2D eigenvalue weighted by Crippen LogP contribution is -2.32. The number of carboxylic acid groups (broad SMARTS) is 1. The first-order chi connectivity index (χ1) is 9.59. The van der Waals surface area contributed by atoms with Crippen LogP contribution in [0.3, 0.4) is 0 Å². The highest BCUT2D eigenvalue weighted by Crippen LogP contribution is 2.21. The molecule has 0 spiro atoms. The lowest BCUT2D eigenvalue weighted by molar-refractivity contribution is -0.136. The third-order valence-electron chi connectivity index (χ3n) is 2.80. The number of carboxylic acids is 1. The summed E-state index contributed by atoms with van der Waals surface area (Å²) in [4.78, 5) is 29.4. The molecule has 0 unspecified atom stereocenters. The summed E-state index contributed by atoms with van der Waals surface area (Å²) in [7, 11) is 0. The normalized spacial score (nSPS) is 10.2. The molecule has 0 aliphatic carbocycles. The van der Waals surface area contributed by atoms with Gasteiger partial charge >= 0.3 is 5.97 Å². The smallest absolute Gasteiger partial charge is 0.305 e. The van der Waals surface area contributed by atoms with Crippen LogP contribution in [0.15, 0.2) is 35.8 Å². The third kappa shape index (κ3) is 3.21. The van der Waals surface area contributed by atoms with Crippen LogP contribution in [0, 0.1) is 6.92 Å². The zero-order chi connectivity index (χ0) is 14.5. The summed E-state index contributed by atoms with van der Waals surface area (Å²) in [5.74, 6) is -1.14. The van der Waals surface area contributed by atoms with E-state index < -0.39 is 5.97 Å². The molecule has 0 aliphatic rings. The van der Waals surface area contributed by atoms with Crippen LogP contribution in [0.1, 0.15) is 21.8 Å². The maximum Gasteiger partial charge on any atom is 0.305 e. The van der Waals surface area contributed by atoms with Crippen LogP contribution in [0.5, 0.6) is 0 Å². The average molecular weight is 290 g/mol. The second-order valence-corrected chi connectivity index (χ2v) is 5.06. The van der Waals surface area contributed by atoms with Gasteiger partial charge in [0.1, 0.15) is 4.88 Å². The molecule has 0 atom stereocenters. The Hall–Kier alpha value is -2.21. The lowest BCUT2D eigenvalue weighted by atomic mass is 10.2. The van der Waals surface area contributed by atoms with Gasteiger partial charge in [-0.25, -0.2) is 4.98 Å². The Balaban J connectivity index is 2.29.